The van der Waals surface area contributed by atoms with Crippen LogP contribution in [0.4, 0.5) is 0 Å². The molecule has 0 saturated carbocycles. The average Bonchev–Trinajstić information content (AvgIpc) is 2.75. The number of nitrogens with zero attached hydrogens (tertiary/aromatic N) is 1. The predicted octanol–water partition coefficient (Wildman–Crippen LogP) is 3.95. The fourth-order valence-corrected chi connectivity index (χ4v) is 4.13. The summed E-state index contributed by atoms with van der Waals surface area (Å²) in [7, 11) is -3.85. The van der Waals surface area contributed by atoms with Crippen molar-refractivity contribution in [2.75, 3.05) is 13.2 Å². The first-order valence-electron chi connectivity index (χ1n) is 9.43. The molecule has 152 valence electrons. The zero-order chi connectivity index (χ0) is 20.7. The van der Waals surface area contributed by atoms with Crippen molar-refractivity contribution in [1.29, 1.82) is 0 Å². The van der Waals surface area contributed by atoms with Crippen LogP contribution in [0.1, 0.15) is 31.1 Å². The van der Waals surface area contributed by atoms with Gasteiger partial charge in [0.25, 0.3) is 0 Å². The third-order valence-corrected chi connectivity index (χ3v) is 5.64. The Kier molecular flexibility index (Phi) is 6.85. The molecular formula is C22H24N2O4S. The van der Waals surface area contributed by atoms with Gasteiger partial charge in [0, 0.05) is 12.3 Å². The molecule has 0 fully saturated rings. The SMILES string of the molecule is CCOc1ccc(S(=O)(=O)NC(c2ccccc2)c2ccccn2)cc1OCC. The van der Waals surface area contributed by atoms with E-state index >= 15 is 0 Å². The molecule has 7 heteroatoms. The molecule has 1 aromatic heterocycles. The van der Waals surface area contributed by atoms with Gasteiger partial charge in [-0.3, -0.25) is 4.98 Å². The summed E-state index contributed by atoms with van der Waals surface area (Å²) >= 11 is 0. The van der Waals surface area contributed by atoms with E-state index in [1.54, 1.807) is 24.4 Å². The monoisotopic (exact) mass is 412 g/mol. The first kappa shape index (κ1) is 20.8. The minimum absolute atomic E-state index is 0.0984. The highest BCUT2D eigenvalue weighted by molar-refractivity contribution is 7.89. The van der Waals surface area contributed by atoms with Crippen molar-refractivity contribution >= 4 is 10.0 Å². The summed E-state index contributed by atoms with van der Waals surface area (Å²) in [6.07, 6.45) is 1.64. The second-order valence-electron chi connectivity index (χ2n) is 6.19. The quantitative estimate of drug-likeness (QED) is 0.576. The Morgan fingerprint density at radius 3 is 2.24 bits per heavy atom. The van der Waals surface area contributed by atoms with Crippen LogP contribution < -0.4 is 14.2 Å². The number of pyridine rings is 1. The Hall–Kier alpha value is -2.90. The first-order chi connectivity index (χ1) is 14.0. The average molecular weight is 413 g/mol. The van der Waals surface area contributed by atoms with Crippen LogP contribution in [0.25, 0.3) is 0 Å². The molecule has 0 radical (unpaired) electrons. The third-order valence-electron chi connectivity index (χ3n) is 4.21. The minimum Gasteiger partial charge on any atom is -0.490 e. The van der Waals surface area contributed by atoms with E-state index in [0.717, 1.165) is 5.56 Å². The van der Waals surface area contributed by atoms with Crippen molar-refractivity contribution < 1.29 is 17.9 Å². The molecule has 29 heavy (non-hydrogen) atoms. The Balaban J connectivity index is 1.98. The molecule has 1 atom stereocenters. The van der Waals surface area contributed by atoms with E-state index in [1.165, 1.54) is 12.1 Å². The van der Waals surface area contributed by atoms with Gasteiger partial charge in [-0.2, -0.15) is 4.72 Å². The largest absolute Gasteiger partial charge is 0.490 e. The molecule has 0 spiro atoms. The van der Waals surface area contributed by atoms with Crippen molar-refractivity contribution in [3.63, 3.8) is 0 Å². The summed E-state index contributed by atoms with van der Waals surface area (Å²) in [6, 6.07) is 18.7. The number of hydrogen-bond acceptors (Lipinski definition) is 5. The highest BCUT2D eigenvalue weighted by Crippen LogP contribution is 2.31. The lowest BCUT2D eigenvalue weighted by Gasteiger charge is -2.19. The van der Waals surface area contributed by atoms with Gasteiger partial charge >= 0.3 is 0 Å². The van der Waals surface area contributed by atoms with Gasteiger partial charge in [0.15, 0.2) is 11.5 Å². The fourth-order valence-electron chi connectivity index (χ4n) is 2.91. The second-order valence-corrected chi connectivity index (χ2v) is 7.91. The molecule has 0 aliphatic rings. The standard InChI is InChI=1S/C22H24N2O4S/c1-3-27-20-14-13-18(16-21(20)28-4-2)29(25,26)24-22(17-10-6-5-7-11-17)19-12-8-9-15-23-19/h5-16,22,24H,3-4H2,1-2H3. The van der Waals surface area contributed by atoms with Gasteiger partial charge < -0.3 is 9.47 Å². The molecular weight excluding hydrogens is 388 g/mol. The van der Waals surface area contributed by atoms with Crippen molar-refractivity contribution in [2.45, 2.75) is 24.8 Å². The van der Waals surface area contributed by atoms with Crippen LogP contribution in [0.5, 0.6) is 11.5 Å². The number of sulfonamides is 1. The Morgan fingerprint density at radius 2 is 1.59 bits per heavy atom. The second kappa shape index (κ2) is 9.54. The number of nitrogens with one attached hydrogen (secondary N) is 1. The van der Waals surface area contributed by atoms with E-state index < -0.39 is 16.1 Å². The van der Waals surface area contributed by atoms with E-state index in [0.29, 0.717) is 30.4 Å². The van der Waals surface area contributed by atoms with E-state index in [9.17, 15) is 8.42 Å². The first-order valence-corrected chi connectivity index (χ1v) is 10.9. The Bertz CT molecular complexity index is 986. The van der Waals surface area contributed by atoms with E-state index in [4.69, 9.17) is 9.47 Å². The lowest BCUT2D eigenvalue weighted by molar-refractivity contribution is 0.287. The minimum atomic E-state index is -3.85. The maximum absolute atomic E-state index is 13.2. The highest BCUT2D eigenvalue weighted by Gasteiger charge is 2.25. The van der Waals surface area contributed by atoms with Gasteiger partial charge in [-0.05, 0) is 43.7 Å². The van der Waals surface area contributed by atoms with Crippen LogP contribution in [0.3, 0.4) is 0 Å². The summed E-state index contributed by atoms with van der Waals surface area (Å²) in [5, 5.41) is 0. The normalized spacial score (nSPS) is 12.3. The van der Waals surface area contributed by atoms with E-state index in [-0.39, 0.29) is 4.90 Å². The summed E-state index contributed by atoms with van der Waals surface area (Å²) in [5.74, 6) is 0.906. The zero-order valence-electron chi connectivity index (χ0n) is 16.4. The van der Waals surface area contributed by atoms with Crippen molar-refractivity contribution in [3.8, 4) is 11.5 Å². The predicted molar refractivity (Wildman–Crippen MR) is 112 cm³/mol. The molecule has 1 heterocycles. The molecule has 3 rings (SSSR count). The Morgan fingerprint density at radius 1 is 0.897 bits per heavy atom. The van der Waals surface area contributed by atoms with E-state index in [2.05, 4.69) is 9.71 Å². The van der Waals surface area contributed by atoms with Crippen LogP contribution >= 0.6 is 0 Å². The zero-order valence-corrected chi connectivity index (χ0v) is 17.2. The molecule has 0 bridgehead atoms. The lowest BCUT2D eigenvalue weighted by atomic mass is 10.0. The van der Waals surface area contributed by atoms with Gasteiger partial charge in [0.1, 0.15) is 0 Å². The van der Waals surface area contributed by atoms with Crippen molar-refractivity contribution in [1.82, 2.24) is 9.71 Å². The van der Waals surface area contributed by atoms with Crippen LogP contribution in [-0.4, -0.2) is 26.6 Å². The maximum Gasteiger partial charge on any atom is 0.241 e. The van der Waals surface area contributed by atoms with Crippen LogP contribution in [-0.2, 0) is 10.0 Å². The summed E-state index contributed by atoms with van der Waals surface area (Å²) in [6.45, 7) is 4.55. The van der Waals surface area contributed by atoms with Crippen LogP contribution in [0.15, 0.2) is 77.8 Å². The van der Waals surface area contributed by atoms with E-state index in [1.807, 2.05) is 50.2 Å². The third kappa shape index (κ3) is 5.13. The van der Waals surface area contributed by atoms with Crippen molar-refractivity contribution in [2.24, 2.45) is 0 Å². The van der Waals surface area contributed by atoms with Crippen molar-refractivity contribution in [3.05, 3.63) is 84.2 Å². The molecule has 0 aliphatic carbocycles. The summed E-state index contributed by atoms with van der Waals surface area (Å²) < 4.78 is 40.2. The highest BCUT2D eigenvalue weighted by atomic mass is 32.2. The number of hydrogen-bond donors (Lipinski definition) is 1. The number of rotatable bonds is 9. The number of ether oxygens (including phenoxy) is 2. The smallest absolute Gasteiger partial charge is 0.241 e. The lowest BCUT2D eigenvalue weighted by Crippen LogP contribution is -2.30. The van der Waals surface area contributed by atoms with Gasteiger partial charge in [0.2, 0.25) is 10.0 Å². The molecule has 1 unspecified atom stereocenters. The van der Waals surface area contributed by atoms with Gasteiger partial charge in [-0.1, -0.05) is 36.4 Å². The molecule has 0 aliphatic heterocycles. The molecule has 3 aromatic rings. The molecule has 1 N–H and O–H groups in total. The maximum atomic E-state index is 13.2. The number of aromatic nitrogens is 1. The fraction of sp³-hybridized carbons (Fsp3) is 0.227. The summed E-state index contributed by atoms with van der Waals surface area (Å²) in [4.78, 5) is 4.45. The topological polar surface area (TPSA) is 77.5 Å². The van der Waals surface area contributed by atoms with Crippen LogP contribution in [0.2, 0.25) is 0 Å². The van der Waals surface area contributed by atoms with Crippen LogP contribution in [0, 0.1) is 0 Å². The number of benzene rings is 2. The van der Waals surface area contributed by atoms with Gasteiger partial charge in [-0.15, -0.1) is 0 Å². The Labute approximate surface area is 171 Å². The molecule has 0 amide bonds. The molecule has 0 saturated heterocycles. The van der Waals surface area contributed by atoms with Gasteiger partial charge in [0.05, 0.1) is 29.8 Å². The summed E-state index contributed by atoms with van der Waals surface area (Å²) in [5.41, 5.74) is 1.41. The molecule has 6 nitrogen and oxygen atoms in total. The molecule has 2 aromatic carbocycles. The van der Waals surface area contributed by atoms with Gasteiger partial charge in [-0.25, -0.2) is 8.42 Å².